The summed E-state index contributed by atoms with van der Waals surface area (Å²) in [5.41, 5.74) is 0. The van der Waals surface area contributed by atoms with E-state index in [2.05, 4.69) is 5.38 Å². The van der Waals surface area contributed by atoms with Gasteiger partial charge in [-0.15, -0.1) is 11.3 Å². The molecule has 61 valence electrons. The first-order chi connectivity index (χ1) is 5.81. The molecule has 0 saturated carbocycles. The summed E-state index contributed by atoms with van der Waals surface area (Å²) in [5, 5.41) is 7.86. The summed E-state index contributed by atoms with van der Waals surface area (Å²) in [6.45, 7) is 0. The minimum absolute atomic E-state index is 0.700. The van der Waals surface area contributed by atoms with Crippen molar-refractivity contribution in [1.82, 2.24) is 0 Å². The molecule has 12 heavy (non-hydrogen) atoms. The van der Waals surface area contributed by atoms with Crippen LogP contribution in [0.1, 0.15) is 0 Å². The fourth-order valence-electron chi connectivity index (χ4n) is 1.07. The van der Waals surface area contributed by atoms with Crippen molar-refractivity contribution < 1.29 is 4.74 Å². The van der Waals surface area contributed by atoms with E-state index in [1.807, 2.05) is 11.4 Å². The SMILES string of the molecule is COc1cc(Cl)c2[c]scc2c1. The molecule has 1 aromatic carbocycles. The Labute approximate surface area is 79.5 Å². The summed E-state index contributed by atoms with van der Waals surface area (Å²) in [6, 6.07) is 3.75. The Bertz CT molecular complexity index is 408. The third-order valence-electron chi connectivity index (χ3n) is 1.68. The third-order valence-corrected chi connectivity index (χ3v) is 2.67. The van der Waals surface area contributed by atoms with Gasteiger partial charge in [-0.1, -0.05) is 11.6 Å². The summed E-state index contributed by atoms with van der Waals surface area (Å²) < 4.78 is 5.08. The van der Waals surface area contributed by atoms with Crippen molar-refractivity contribution in [2.24, 2.45) is 0 Å². The minimum atomic E-state index is 0.700. The second kappa shape index (κ2) is 2.96. The lowest BCUT2D eigenvalue weighted by Crippen LogP contribution is -1.81. The van der Waals surface area contributed by atoms with E-state index in [1.165, 1.54) is 11.3 Å². The number of benzene rings is 1. The molecule has 0 saturated heterocycles. The minimum Gasteiger partial charge on any atom is -0.497 e. The molecule has 0 spiro atoms. The molecule has 1 aromatic heterocycles. The molecule has 0 N–H and O–H groups in total. The second-order valence-electron chi connectivity index (χ2n) is 2.41. The first-order valence-corrected chi connectivity index (χ1v) is 4.69. The average molecular weight is 198 g/mol. The largest absolute Gasteiger partial charge is 0.497 e. The summed E-state index contributed by atoms with van der Waals surface area (Å²) in [7, 11) is 1.63. The normalized spacial score (nSPS) is 10.5. The summed E-state index contributed by atoms with van der Waals surface area (Å²) in [6.07, 6.45) is 0. The highest BCUT2D eigenvalue weighted by Crippen LogP contribution is 2.30. The van der Waals surface area contributed by atoms with E-state index in [9.17, 15) is 0 Å². The van der Waals surface area contributed by atoms with Crippen molar-refractivity contribution in [1.29, 1.82) is 0 Å². The number of rotatable bonds is 1. The van der Waals surface area contributed by atoms with Crippen LogP contribution in [0.5, 0.6) is 5.75 Å². The van der Waals surface area contributed by atoms with Gasteiger partial charge < -0.3 is 4.74 Å². The van der Waals surface area contributed by atoms with E-state index in [0.717, 1.165) is 16.5 Å². The van der Waals surface area contributed by atoms with Crippen LogP contribution in [0.3, 0.4) is 0 Å². The fourth-order valence-corrected chi connectivity index (χ4v) is 2.11. The van der Waals surface area contributed by atoms with Gasteiger partial charge in [0.25, 0.3) is 0 Å². The van der Waals surface area contributed by atoms with Crippen LogP contribution in [0.2, 0.25) is 5.02 Å². The molecule has 0 bridgehead atoms. The first kappa shape index (κ1) is 7.90. The molecule has 0 fully saturated rings. The Hall–Kier alpha value is -0.730. The van der Waals surface area contributed by atoms with Crippen LogP contribution in [0.25, 0.3) is 10.8 Å². The summed E-state index contributed by atoms with van der Waals surface area (Å²) >= 11 is 7.50. The lowest BCUT2D eigenvalue weighted by molar-refractivity contribution is 0.415. The van der Waals surface area contributed by atoms with E-state index in [-0.39, 0.29) is 0 Å². The third kappa shape index (κ3) is 1.17. The van der Waals surface area contributed by atoms with Crippen molar-refractivity contribution in [2.75, 3.05) is 7.11 Å². The van der Waals surface area contributed by atoms with Gasteiger partial charge in [0.05, 0.1) is 17.5 Å². The number of fused-ring (bicyclic) bond motifs is 1. The predicted octanol–water partition coefficient (Wildman–Crippen LogP) is 3.36. The highest BCUT2D eigenvalue weighted by Gasteiger charge is 2.02. The molecule has 2 rings (SSSR count). The molecule has 0 unspecified atom stereocenters. The number of thiophene rings is 1. The Morgan fingerprint density at radius 2 is 2.33 bits per heavy atom. The molecule has 3 heteroatoms. The zero-order chi connectivity index (χ0) is 8.55. The molecular formula is C9H6ClOS. The summed E-state index contributed by atoms with van der Waals surface area (Å²) in [4.78, 5) is 0. The standard InChI is InChI=1S/C9H6ClOS/c1-11-7-2-6-4-12-5-8(6)9(10)3-7/h2-4H,1H3. The Morgan fingerprint density at radius 3 is 3.08 bits per heavy atom. The van der Waals surface area contributed by atoms with Crippen molar-refractivity contribution in [2.45, 2.75) is 0 Å². The Kier molecular flexibility index (Phi) is 1.95. The molecular weight excluding hydrogens is 192 g/mol. The van der Waals surface area contributed by atoms with E-state index in [1.54, 1.807) is 13.2 Å². The van der Waals surface area contributed by atoms with Crippen LogP contribution < -0.4 is 4.74 Å². The number of halogens is 1. The molecule has 0 amide bonds. The molecule has 1 heterocycles. The van der Waals surface area contributed by atoms with Gasteiger partial charge >= 0.3 is 0 Å². The number of hydrogen-bond donors (Lipinski definition) is 0. The first-order valence-electron chi connectivity index (χ1n) is 3.43. The fraction of sp³-hybridized carbons (Fsp3) is 0.111. The molecule has 0 atom stereocenters. The van der Waals surface area contributed by atoms with Crippen molar-refractivity contribution in [3.8, 4) is 5.75 Å². The van der Waals surface area contributed by atoms with Gasteiger partial charge in [0.15, 0.2) is 0 Å². The van der Waals surface area contributed by atoms with Crippen LogP contribution in [-0.4, -0.2) is 7.11 Å². The lowest BCUT2D eigenvalue weighted by atomic mass is 10.2. The molecule has 1 radical (unpaired) electrons. The zero-order valence-corrected chi connectivity index (χ0v) is 8.00. The van der Waals surface area contributed by atoms with Gasteiger partial charge in [0.2, 0.25) is 0 Å². The molecule has 0 aliphatic rings. The van der Waals surface area contributed by atoms with Crippen LogP contribution >= 0.6 is 22.9 Å². The quantitative estimate of drug-likeness (QED) is 0.681. The lowest BCUT2D eigenvalue weighted by Gasteiger charge is -2.00. The van der Waals surface area contributed by atoms with E-state index in [0.29, 0.717) is 5.02 Å². The molecule has 0 aliphatic carbocycles. The van der Waals surface area contributed by atoms with Crippen LogP contribution in [0, 0.1) is 5.38 Å². The van der Waals surface area contributed by atoms with Gasteiger partial charge in [-0.05, 0) is 22.9 Å². The molecule has 1 nitrogen and oxygen atoms in total. The van der Waals surface area contributed by atoms with Crippen LogP contribution in [0.15, 0.2) is 17.5 Å². The molecule has 2 aromatic rings. The van der Waals surface area contributed by atoms with Gasteiger partial charge in [-0.3, -0.25) is 0 Å². The van der Waals surface area contributed by atoms with Crippen LogP contribution in [-0.2, 0) is 0 Å². The van der Waals surface area contributed by atoms with Crippen molar-refractivity contribution >= 4 is 33.7 Å². The van der Waals surface area contributed by atoms with Gasteiger partial charge in [0, 0.05) is 5.39 Å². The maximum absolute atomic E-state index is 5.98. The van der Waals surface area contributed by atoms with Gasteiger partial charge in [0.1, 0.15) is 5.75 Å². The van der Waals surface area contributed by atoms with Gasteiger partial charge in [-0.25, -0.2) is 0 Å². The highest BCUT2D eigenvalue weighted by atomic mass is 35.5. The zero-order valence-electron chi connectivity index (χ0n) is 6.43. The predicted molar refractivity (Wildman–Crippen MR) is 52.2 cm³/mol. The van der Waals surface area contributed by atoms with Crippen LogP contribution in [0.4, 0.5) is 0 Å². The Morgan fingerprint density at radius 1 is 1.50 bits per heavy atom. The maximum Gasteiger partial charge on any atom is 0.121 e. The summed E-state index contributed by atoms with van der Waals surface area (Å²) in [5.74, 6) is 0.791. The highest BCUT2D eigenvalue weighted by molar-refractivity contribution is 7.09. The van der Waals surface area contributed by atoms with Crippen molar-refractivity contribution in [3.05, 3.63) is 27.9 Å². The number of ether oxygens (including phenoxy) is 1. The Balaban J connectivity index is 2.75. The monoisotopic (exact) mass is 197 g/mol. The van der Waals surface area contributed by atoms with E-state index < -0.39 is 0 Å². The van der Waals surface area contributed by atoms with E-state index >= 15 is 0 Å². The number of hydrogen-bond acceptors (Lipinski definition) is 2. The van der Waals surface area contributed by atoms with Gasteiger partial charge in [-0.2, -0.15) is 0 Å². The van der Waals surface area contributed by atoms with E-state index in [4.69, 9.17) is 16.3 Å². The number of methoxy groups -OCH3 is 1. The molecule has 0 aliphatic heterocycles. The topological polar surface area (TPSA) is 9.23 Å². The smallest absolute Gasteiger partial charge is 0.121 e. The van der Waals surface area contributed by atoms with Crippen molar-refractivity contribution in [3.63, 3.8) is 0 Å². The average Bonchev–Trinajstić information content (AvgIpc) is 2.52. The maximum atomic E-state index is 5.98. The second-order valence-corrected chi connectivity index (χ2v) is 3.49.